The minimum absolute atomic E-state index is 0.179. The normalized spacial score (nSPS) is 10.8. The number of carbonyl (C=O) groups is 1. The van der Waals surface area contributed by atoms with Crippen molar-refractivity contribution in [1.82, 2.24) is 5.16 Å². The molecule has 0 unspecified atom stereocenters. The zero-order valence-electron chi connectivity index (χ0n) is 12.0. The van der Waals surface area contributed by atoms with Crippen LogP contribution in [0.15, 0.2) is 47.0 Å². The first-order valence-corrected chi connectivity index (χ1v) is 6.95. The Morgan fingerprint density at radius 2 is 1.95 bits per heavy atom. The molecule has 0 aliphatic heterocycles. The first-order valence-electron chi connectivity index (χ1n) is 6.95. The summed E-state index contributed by atoms with van der Waals surface area (Å²) in [5, 5.41) is 8.99. The van der Waals surface area contributed by atoms with E-state index in [1.54, 1.807) is 6.92 Å². The van der Waals surface area contributed by atoms with E-state index >= 15 is 0 Å². The number of amides is 1. The van der Waals surface area contributed by atoms with E-state index in [1.807, 2.05) is 49.4 Å². The number of aryl methyl sites for hydroxylation is 2. The predicted octanol–water partition coefficient (Wildman–Crippen LogP) is 3.95. The smallest absolute Gasteiger partial charge is 0.261 e. The highest BCUT2D eigenvalue weighted by Crippen LogP contribution is 2.24. The van der Waals surface area contributed by atoms with Gasteiger partial charge in [-0.05, 0) is 24.8 Å². The fourth-order valence-electron chi connectivity index (χ4n) is 2.47. The molecule has 3 rings (SSSR count). The number of hydrogen-bond donors (Lipinski definition) is 1. The van der Waals surface area contributed by atoms with Crippen molar-refractivity contribution in [2.45, 2.75) is 20.3 Å². The average molecular weight is 280 g/mol. The van der Waals surface area contributed by atoms with Crippen LogP contribution in [0.3, 0.4) is 0 Å². The average Bonchev–Trinajstić information content (AvgIpc) is 2.88. The van der Waals surface area contributed by atoms with Gasteiger partial charge in [-0.2, -0.15) is 0 Å². The number of aromatic nitrogens is 1. The molecule has 21 heavy (non-hydrogen) atoms. The Bertz CT molecular complexity index is 800. The largest absolute Gasteiger partial charge is 0.361 e. The van der Waals surface area contributed by atoms with Gasteiger partial charge in [-0.1, -0.05) is 48.5 Å². The fourth-order valence-corrected chi connectivity index (χ4v) is 2.47. The highest BCUT2D eigenvalue weighted by atomic mass is 16.5. The molecule has 0 bridgehead atoms. The first-order chi connectivity index (χ1) is 10.2. The van der Waals surface area contributed by atoms with Gasteiger partial charge in [0.1, 0.15) is 11.3 Å². The van der Waals surface area contributed by atoms with Gasteiger partial charge in [0.2, 0.25) is 0 Å². The highest BCUT2D eigenvalue weighted by molar-refractivity contribution is 6.10. The number of nitrogens with one attached hydrogen (secondary N) is 1. The van der Waals surface area contributed by atoms with Gasteiger partial charge in [0.05, 0.1) is 5.69 Å². The van der Waals surface area contributed by atoms with Crippen LogP contribution in [-0.2, 0) is 6.42 Å². The maximum Gasteiger partial charge on any atom is 0.261 e. The van der Waals surface area contributed by atoms with E-state index in [1.165, 1.54) is 0 Å². The van der Waals surface area contributed by atoms with E-state index in [4.69, 9.17) is 4.52 Å². The number of hydrogen-bond acceptors (Lipinski definition) is 3. The van der Waals surface area contributed by atoms with Crippen molar-refractivity contribution in [3.8, 4) is 0 Å². The number of benzene rings is 2. The van der Waals surface area contributed by atoms with Gasteiger partial charge in [0.15, 0.2) is 0 Å². The van der Waals surface area contributed by atoms with Gasteiger partial charge in [-0.15, -0.1) is 0 Å². The van der Waals surface area contributed by atoms with E-state index in [2.05, 4.69) is 10.5 Å². The molecule has 106 valence electrons. The molecule has 0 atom stereocenters. The molecule has 4 nitrogen and oxygen atoms in total. The number of fused-ring (bicyclic) bond motifs is 1. The molecule has 0 spiro atoms. The molecular weight excluding hydrogens is 264 g/mol. The number of rotatable bonds is 3. The van der Waals surface area contributed by atoms with Crippen molar-refractivity contribution in [1.29, 1.82) is 0 Å². The van der Waals surface area contributed by atoms with Gasteiger partial charge in [0, 0.05) is 11.1 Å². The molecule has 1 N–H and O–H groups in total. The van der Waals surface area contributed by atoms with Crippen LogP contribution in [0.4, 0.5) is 5.69 Å². The van der Waals surface area contributed by atoms with Crippen LogP contribution in [0.5, 0.6) is 0 Å². The van der Waals surface area contributed by atoms with E-state index in [0.29, 0.717) is 23.4 Å². The van der Waals surface area contributed by atoms with Crippen molar-refractivity contribution in [2.75, 3.05) is 5.32 Å². The number of nitrogens with zero attached hydrogens (tertiary/aromatic N) is 1. The summed E-state index contributed by atoms with van der Waals surface area (Å²) in [7, 11) is 0. The molecular formula is C17H16N2O2. The molecule has 0 aliphatic carbocycles. The van der Waals surface area contributed by atoms with Crippen LogP contribution in [0.1, 0.15) is 28.7 Å². The first kappa shape index (κ1) is 13.4. The second kappa shape index (κ2) is 5.40. The Balaban J connectivity index is 1.99. The van der Waals surface area contributed by atoms with Gasteiger partial charge < -0.3 is 9.84 Å². The maximum atomic E-state index is 12.5. The molecule has 0 saturated carbocycles. The van der Waals surface area contributed by atoms with Gasteiger partial charge in [0.25, 0.3) is 5.91 Å². The van der Waals surface area contributed by atoms with Crippen molar-refractivity contribution in [3.05, 3.63) is 59.5 Å². The van der Waals surface area contributed by atoms with Crippen LogP contribution in [0, 0.1) is 6.92 Å². The van der Waals surface area contributed by atoms with Crippen molar-refractivity contribution < 1.29 is 9.32 Å². The zero-order chi connectivity index (χ0) is 14.8. The Labute approximate surface area is 122 Å². The third kappa shape index (κ3) is 2.40. The van der Waals surface area contributed by atoms with Crippen LogP contribution >= 0.6 is 0 Å². The minimum atomic E-state index is -0.179. The summed E-state index contributed by atoms with van der Waals surface area (Å²) in [5.74, 6) is 0.367. The van der Waals surface area contributed by atoms with Crippen LogP contribution in [0.2, 0.25) is 0 Å². The SMILES string of the molecule is CCc1noc(C)c1C(=O)Nc1cccc2ccccc12. The molecule has 0 saturated heterocycles. The molecule has 1 aromatic heterocycles. The molecule has 1 heterocycles. The summed E-state index contributed by atoms with van der Waals surface area (Å²) >= 11 is 0. The van der Waals surface area contributed by atoms with Crippen LogP contribution < -0.4 is 5.32 Å². The lowest BCUT2D eigenvalue weighted by Crippen LogP contribution is -2.14. The molecule has 0 fully saturated rings. The van der Waals surface area contributed by atoms with Gasteiger partial charge >= 0.3 is 0 Å². The lowest BCUT2D eigenvalue weighted by Gasteiger charge is -2.08. The minimum Gasteiger partial charge on any atom is -0.361 e. The van der Waals surface area contributed by atoms with Crippen molar-refractivity contribution >= 4 is 22.4 Å². The standard InChI is InChI=1S/C17H16N2O2/c1-3-14-16(11(2)21-19-14)17(20)18-15-10-6-8-12-7-4-5-9-13(12)15/h4-10H,3H2,1-2H3,(H,18,20). The summed E-state index contributed by atoms with van der Waals surface area (Å²) in [4.78, 5) is 12.5. The van der Waals surface area contributed by atoms with E-state index < -0.39 is 0 Å². The topological polar surface area (TPSA) is 55.1 Å². The summed E-state index contributed by atoms with van der Waals surface area (Å²) in [5.41, 5.74) is 2.01. The number of carbonyl (C=O) groups excluding carboxylic acids is 1. The second-order valence-electron chi connectivity index (χ2n) is 4.89. The van der Waals surface area contributed by atoms with E-state index in [9.17, 15) is 4.79 Å². The lowest BCUT2D eigenvalue weighted by molar-refractivity contribution is 0.102. The summed E-state index contributed by atoms with van der Waals surface area (Å²) < 4.78 is 5.12. The zero-order valence-corrected chi connectivity index (χ0v) is 12.0. The maximum absolute atomic E-state index is 12.5. The molecule has 1 amide bonds. The van der Waals surface area contributed by atoms with E-state index in [0.717, 1.165) is 16.5 Å². The Kier molecular flexibility index (Phi) is 3.44. The third-order valence-electron chi connectivity index (χ3n) is 3.53. The van der Waals surface area contributed by atoms with Crippen LogP contribution in [-0.4, -0.2) is 11.1 Å². The molecule has 0 aliphatic rings. The van der Waals surface area contributed by atoms with E-state index in [-0.39, 0.29) is 5.91 Å². The Hall–Kier alpha value is -2.62. The summed E-state index contributed by atoms with van der Waals surface area (Å²) in [6.07, 6.45) is 0.662. The lowest BCUT2D eigenvalue weighted by atomic mass is 10.1. The van der Waals surface area contributed by atoms with Crippen LogP contribution in [0.25, 0.3) is 10.8 Å². The van der Waals surface area contributed by atoms with Gasteiger partial charge in [-0.25, -0.2) is 0 Å². The number of anilines is 1. The fraction of sp³-hybridized carbons (Fsp3) is 0.176. The molecule has 4 heteroatoms. The molecule has 3 aromatic rings. The van der Waals surface area contributed by atoms with Crippen molar-refractivity contribution in [3.63, 3.8) is 0 Å². The van der Waals surface area contributed by atoms with Gasteiger partial charge in [-0.3, -0.25) is 4.79 Å². The highest BCUT2D eigenvalue weighted by Gasteiger charge is 2.19. The molecule has 2 aromatic carbocycles. The summed E-state index contributed by atoms with van der Waals surface area (Å²) in [6, 6.07) is 13.8. The monoisotopic (exact) mass is 280 g/mol. The Morgan fingerprint density at radius 1 is 1.19 bits per heavy atom. The summed E-state index contributed by atoms with van der Waals surface area (Å²) in [6.45, 7) is 3.70. The van der Waals surface area contributed by atoms with Crippen molar-refractivity contribution in [2.24, 2.45) is 0 Å². The second-order valence-corrected chi connectivity index (χ2v) is 4.89. The quantitative estimate of drug-likeness (QED) is 0.790. The molecule has 0 radical (unpaired) electrons. The third-order valence-corrected chi connectivity index (χ3v) is 3.53. The Morgan fingerprint density at radius 3 is 2.76 bits per heavy atom. The predicted molar refractivity (Wildman–Crippen MR) is 82.5 cm³/mol.